The summed E-state index contributed by atoms with van der Waals surface area (Å²) < 4.78 is 0. The van der Waals surface area contributed by atoms with E-state index >= 15 is 0 Å². The fourth-order valence-corrected chi connectivity index (χ4v) is 0.681. The number of hydrogen-bond acceptors (Lipinski definition) is 4. The van der Waals surface area contributed by atoms with E-state index in [1.165, 1.54) is 19.2 Å². The van der Waals surface area contributed by atoms with Crippen LogP contribution in [0.3, 0.4) is 0 Å². The molecule has 0 fully saturated rings. The molecule has 0 heterocycles. The van der Waals surface area contributed by atoms with Crippen LogP contribution in [-0.4, -0.2) is 12.2 Å². The van der Waals surface area contributed by atoms with E-state index in [4.69, 9.17) is 10.8 Å². The topological polar surface area (TPSA) is 64.7 Å². The van der Waals surface area contributed by atoms with Crippen LogP contribution in [0.15, 0.2) is 18.2 Å². The van der Waals surface area contributed by atoms with Gasteiger partial charge in [-0.15, -0.1) is 0 Å². The third-order valence-corrected chi connectivity index (χ3v) is 1.18. The van der Waals surface area contributed by atoms with Gasteiger partial charge in [0.05, 0.1) is 12.8 Å². The Morgan fingerprint density at radius 3 is 2.73 bits per heavy atom. The lowest BCUT2D eigenvalue weighted by atomic mass is 10.3. The predicted molar refractivity (Wildman–Crippen MR) is 40.2 cm³/mol. The van der Waals surface area contributed by atoms with Crippen LogP contribution >= 0.6 is 0 Å². The van der Waals surface area contributed by atoms with Gasteiger partial charge in [0, 0.05) is 6.07 Å². The number of benzene rings is 1. The molecule has 0 bridgehead atoms. The van der Waals surface area contributed by atoms with Crippen molar-refractivity contribution in [1.29, 1.82) is 0 Å². The molecule has 1 aromatic carbocycles. The lowest BCUT2D eigenvalue weighted by Crippen LogP contribution is -1.92. The summed E-state index contributed by atoms with van der Waals surface area (Å²) in [5, 5.41) is 8.99. The van der Waals surface area contributed by atoms with E-state index < -0.39 is 0 Å². The van der Waals surface area contributed by atoms with Crippen molar-refractivity contribution in [2.45, 2.75) is 0 Å². The highest BCUT2D eigenvalue weighted by atomic mass is 17.2. The fourth-order valence-electron chi connectivity index (χ4n) is 0.681. The number of nitrogens with two attached hydrogens (primary N) is 1. The van der Waals surface area contributed by atoms with E-state index in [2.05, 4.69) is 9.78 Å². The molecule has 0 unspecified atom stereocenters. The molecular weight excluding hydrogens is 146 g/mol. The Balaban J connectivity index is 2.86. The first-order valence-electron chi connectivity index (χ1n) is 3.03. The third kappa shape index (κ3) is 1.75. The second-order valence-corrected chi connectivity index (χ2v) is 1.97. The monoisotopic (exact) mass is 155 g/mol. The van der Waals surface area contributed by atoms with Crippen LogP contribution < -0.4 is 10.6 Å². The van der Waals surface area contributed by atoms with Crippen LogP contribution in [0.25, 0.3) is 0 Å². The average molecular weight is 155 g/mol. The fraction of sp³-hybridized carbons (Fsp3) is 0.143. The normalized spacial score (nSPS) is 9.55. The van der Waals surface area contributed by atoms with E-state index in [9.17, 15) is 0 Å². The number of nitrogen functional groups attached to an aromatic ring is 1. The number of phenolic OH excluding ortho intramolecular Hbond substituents is 1. The van der Waals surface area contributed by atoms with Gasteiger partial charge in [-0.2, -0.15) is 4.89 Å². The van der Waals surface area contributed by atoms with E-state index in [0.29, 0.717) is 5.75 Å². The number of anilines is 1. The minimum atomic E-state index is 0.0356. The lowest BCUT2D eigenvalue weighted by Gasteiger charge is -2.02. The Morgan fingerprint density at radius 1 is 1.45 bits per heavy atom. The molecule has 0 amide bonds. The lowest BCUT2D eigenvalue weighted by molar-refractivity contribution is -0.178. The van der Waals surface area contributed by atoms with Crippen LogP contribution in [-0.2, 0) is 4.89 Å². The molecule has 11 heavy (non-hydrogen) atoms. The van der Waals surface area contributed by atoms with Crippen molar-refractivity contribution in [3.8, 4) is 11.5 Å². The SMILES string of the molecule is COOc1ccc(O)c(N)c1. The van der Waals surface area contributed by atoms with Gasteiger partial charge in [0.2, 0.25) is 0 Å². The van der Waals surface area contributed by atoms with Gasteiger partial charge in [-0.1, -0.05) is 0 Å². The molecule has 0 saturated carbocycles. The zero-order chi connectivity index (χ0) is 8.27. The summed E-state index contributed by atoms with van der Waals surface area (Å²) in [4.78, 5) is 9.04. The van der Waals surface area contributed by atoms with Crippen LogP contribution in [0.2, 0.25) is 0 Å². The Bertz CT molecular complexity index is 249. The van der Waals surface area contributed by atoms with Crippen molar-refractivity contribution in [3.63, 3.8) is 0 Å². The van der Waals surface area contributed by atoms with Gasteiger partial charge in [-0.3, -0.25) is 0 Å². The molecule has 3 N–H and O–H groups in total. The molecule has 0 aliphatic carbocycles. The maximum atomic E-state index is 8.99. The van der Waals surface area contributed by atoms with E-state index in [-0.39, 0.29) is 11.4 Å². The van der Waals surface area contributed by atoms with Crippen molar-refractivity contribution in [3.05, 3.63) is 18.2 Å². The highest BCUT2D eigenvalue weighted by Crippen LogP contribution is 2.24. The van der Waals surface area contributed by atoms with Crippen molar-refractivity contribution in [2.24, 2.45) is 0 Å². The molecule has 0 aliphatic heterocycles. The van der Waals surface area contributed by atoms with Gasteiger partial charge in [0.15, 0.2) is 5.75 Å². The number of rotatable bonds is 2. The molecule has 60 valence electrons. The molecule has 0 radical (unpaired) electrons. The van der Waals surface area contributed by atoms with Gasteiger partial charge >= 0.3 is 0 Å². The summed E-state index contributed by atoms with van der Waals surface area (Å²) in [6.45, 7) is 0. The Labute approximate surface area is 64.1 Å². The maximum absolute atomic E-state index is 8.99. The third-order valence-electron chi connectivity index (χ3n) is 1.18. The van der Waals surface area contributed by atoms with Gasteiger partial charge < -0.3 is 15.7 Å². The summed E-state index contributed by atoms with van der Waals surface area (Å²) in [6, 6.07) is 4.46. The number of hydrogen-bond donors (Lipinski definition) is 2. The van der Waals surface area contributed by atoms with Crippen LogP contribution in [0.1, 0.15) is 0 Å². The van der Waals surface area contributed by atoms with Crippen LogP contribution in [0.4, 0.5) is 5.69 Å². The predicted octanol–water partition coefficient (Wildman–Crippen LogP) is 0.915. The highest BCUT2D eigenvalue weighted by molar-refractivity contribution is 5.54. The first-order chi connectivity index (χ1) is 5.24. The molecule has 4 heteroatoms. The number of phenols is 1. The van der Waals surface area contributed by atoms with E-state index in [1.54, 1.807) is 6.07 Å². The first-order valence-corrected chi connectivity index (χ1v) is 3.03. The standard InChI is InChI=1S/C7H9NO3/c1-10-11-5-2-3-7(9)6(8)4-5/h2-4,9H,8H2,1H3. The smallest absolute Gasteiger partial charge is 0.167 e. The zero-order valence-corrected chi connectivity index (χ0v) is 6.07. The molecule has 0 saturated heterocycles. The summed E-state index contributed by atoms with van der Waals surface area (Å²) >= 11 is 0. The summed E-state index contributed by atoms with van der Waals surface area (Å²) in [7, 11) is 1.39. The van der Waals surface area contributed by atoms with Crippen LogP contribution in [0, 0.1) is 0 Å². The maximum Gasteiger partial charge on any atom is 0.167 e. The van der Waals surface area contributed by atoms with Gasteiger partial charge in [0.25, 0.3) is 0 Å². The molecule has 0 atom stereocenters. The Hall–Kier alpha value is -1.42. The molecule has 1 aromatic rings. The largest absolute Gasteiger partial charge is 0.506 e. The van der Waals surface area contributed by atoms with Crippen molar-refractivity contribution in [1.82, 2.24) is 0 Å². The minimum Gasteiger partial charge on any atom is -0.506 e. The zero-order valence-electron chi connectivity index (χ0n) is 6.07. The first kappa shape index (κ1) is 7.68. The van der Waals surface area contributed by atoms with Crippen molar-refractivity contribution in [2.75, 3.05) is 12.8 Å². The molecule has 0 spiro atoms. The van der Waals surface area contributed by atoms with Gasteiger partial charge in [0.1, 0.15) is 5.75 Å². The minimum absolute atomic E-state index is 0.0356. The second-order valence-electron chi connectivity index (χ2n) is 1.97. The Morgan fingerprint density at radius 2 is 2.18 bits per heavy atom. The highest BCUT2D eigenvalue weighted by Gasteiger charge is 1.98. The van der Waals surface area contributed by atoms with Gasteiger partial charge in [-0.05, 0) is 12.1 Å². The number of aromatic hydroxyl groups is 1. The van der Waals surface area contributed by atoms with E-state index in [0.717, 1.165) is 0 Å². The van der Waals surface area contributed by atoms with Crippen LogP contribution in [0.5, 0.6) is 11.5 Å². The quantitative estimate of drug-likeness (QED) is 0.288. The average Bonchev–Trinajstić information content (AvgIpc) is 1.98. The van der Waals surface area contributed by atoms with Crippen molar-refractivity contribution >= 4 is 5.69 Å². The Kier molecular flexibility index (Phi) is 2.18. The van der Waals surface area contributed by atoms with Crippen molar-refractivity contribution < 1.29 is 14.9 Å². The van der Waals surface area contributed by atoms with Gasteiger partial charge in [-0.25, -0.2) is 0 Å². The molecule has 1 rings (SSSR count). The summed E-state index contributed by atoms with van der Waals surface area (Å²) in [5.74, 6) is 0.497. The summed E-state index contributed by atoms with van der Waals surface area (Å²) in [5.41, 5.74) is 5.63. The second kappa shape index (κ2) is 3.12. The molecule has 0 aromatic heterocycles. The molecule has 0 aliphatic rings. The summed E-state index contributed by atoms with van der Waals surface area (Å²) in [6.07, 6.45) is 0. The molecular formula is C7H9NO3. The van der Waals surface area contributed by atoms with E-state index in [1.807, 2.05) is 0 Å². The molecule has 4 nitrogen and oxygen atoms in total.